The molecule has 0 saturated heterocycles. The Kier molecular flexibility index (Phi) is 5.60. The summed E-state index contributed by atoms with van der Waals surface area (Å²) in [5.74, 6) is 0. The second-order valence-electron chi connectivity index (χ2n) is 7.64. The molecule has 0 fully saturated rings. The first kappa shape index (κ1) is 19.6. The van der Waals surface area contributed by atoms with Crippen molar-refractivity contribution in [2.24, 2.45) is 0 Å². The Morgan fingerprint density at radius 1 is 1.31 bits per heavy atom. The number of carbonyl (C=O) groups is 1. The van der Waals surface area contributed by atoms with Crippen LogP contribution in [0.2, 0.25) is 0 Å². The Bertz CT molecular complexity index is 991. The smallest absolute Gasteiger partial charge is 0.435 e. The van der Waals surface area contributed by atoms with Crippen molar-refractivity contribution in [1.29, 1.82) is 0 Å². The molecular formula is C23H27NO5. The molecule has 2 aliphatic heterocycles. The van der Waals surface area contributed by atoms with Crippen molar-refractivity contribution in [1.82, 2.24) is 0 Å². The van der Waals surface area contributed by atoms with Crippen LogP contribution in [0.25, 0.3) is 11.0 Å². The summed E-state index contributed by atoms with van der Waals surface area (Å²) in [6.07, 6.45) is 5.74. The standard InChI is InChI=1S/C23H27NO5/c1-3-17(28-23(26)27-4-2)10-9-15-14-20(25)29-22-18-8-6-12-24-11-5-7-16(21(18)24)13-19(15)22/h3,13-14,17H,1,4-12H2,2H3. The summed E-state index contributed by atoms with van der Waals surface area (Å²) in [7, 11) is 0. The van der Waals surface area contributed by atoms with Gasteiger partial charge in [-0.2, -0.15) is 0 Å². The molecule has 0 spiro atoms. The van der Waals surface area contributed by atoms with Gasteiger partial charge >= 0.3 is 11.8 Å². The summed E-state index contributed by atoms with van der Waals surface area (Å²) >= 11 is 0. The summed E-state index contributed by atoms with van der Waals surface area (Å²) in [4.78, 5) is 26.4. The van der Waals surface area contributed by atoms with E-state index in [-0.39, 0.29) is 12.2 Å². The molecular weight excluding hydrogens is 370 g/mol. The molecule has 3 heterocycles. The number of benzene rings is 1. The summed E-state index contributed by atoms with van der Waals surface area (Å²) in [5.41, 5.74) is 5.11. The number of nitrogens with zero attached hydrogens (tertiary/aromatic N) is 1. The van der Waals surface area contributed by atoms with Crippen molar-refractivity contribution in [3.8, 4) is 0 Å². The minimum atomic E-state index is -0.701. The number of hydrogen-bond donors (Lipinski definition) is 0. The minimum Gasteiger partial charge on any atom is -0.435 e. The van der Waals surface area contributed by atoms with E-state index in [4.69, 9.17) is 13.9 Å². The van der Waals surface area contributed by atoms with Crippen molar-refractivity contribution in [3.63, 3.8) is 0 Å². The predicted octanol–water partition coefficient (Wildman–Crippen LogP) is 4.15. The first-order valence-corrected chi connectivity index (χ1v) is 10.4. The van der Waals surface area contributed by atoms with Crippen molar-refractivity contribution in [3.05, 3.63) is 51.9 Å². The lowest BCUT2D eigenvalue weighted by Gasteiger charge is -2.37. The third kappa shape index (κ3) is 3.88. The van der Waals surface area contributed by atoms with Crippen LogP contribution in [0.15, 0.2) is 34.0 Å². The van der Waals surface area contributed by atoms with Gasteiger partial charge in [-0.15, -0.1) is 0 Å². The van der Waals surface area contributed by atoms with Crippen LogP contribution in [0.5, 0.6) is 0 Å². The topological polar surface area (TPSA) is 69.0 Å². The number of anilines is 1. The molecule has 1 aromatic carbocycles. The van der Waals surface area contributed by atoms with Gasteiger partial charge in [-0.25, -0.2) is 9.59 Å². The predicted molar refractivity (Wildman–Crippen MR) is 112 cm³/mol. The lowest BCUT2D eigenvalue weighted by atomic mass is 9.88. The highest BCUT2D eigenvalue weighted by Gasteiger charge is 2.27. The average Bonchev–Trinajstić information content (AvgIpc) is 2.72. The fourth-order valence-electron chi connectivity index (χ4n) is 4.54. The number of rotatable bonds is 6. The van der Waals surface area contributed by atoms with Crippen LogP contribution in [0.3, 0.4) is 0 Å². The summed E-state index contributed by atoms with van der Waals surface area (Å²) in [6, 6.07) is 3.76. The van der Waals surface area contributed by atoms with Gasteiger partial charge in [0.25, 0.3) is 0 Å². The highest BCUT2D eigenvalue weighted by molar-refractivity contribution is 5.90. The van der Waals surface area contributed by atoms with Gasteiger partial charge in [-0.1, -0.05) is 12.7 Å². The Labute approximate surface area is 170 Å². The highest BCUT2D eigenvalue weighted by atomic mass is 16.7. The molecule has 1 unspecified atom stereocenters. The summed E-state index contributed by atoms with van der Waals surface area (Å²) < 4.78 is 15.8. The van der Waals surface area contributed by atoms with Crippen LogP contribution < -0.4 is 10.5 Å². The number of ether oxygens (including phenoxy) is 2. The quantitative estimate of drug-likeness (QED) is 0.414. The lowest BCUT2D eigenvalue weighted by molar-refractivity contribution is 0.0385. The molecule has 0 N–H and O–H groups in total. The summed E-state index contributed by atoms with van der Waals surface area (Å²) in [5, 5.41) is 1.00. The van der Waals surface area contributed by atoms with E-state index >= 15 is 0 Å². The normalized spacial score (nSPS) is 16.2. The Hall–Kier alpha value is -2.76. The van der Waals surface area contributed by atoms with E-state index < -0.39 is 12.3 Å². The van der Waals surface area contributed by atoms with E-state index in [2.05, 4.69) is 17.5 Å². The van der Waals surface area contributed by atoms with Crippen molar-refractivity contribution in [2.45, 2.75) is 51.6 Å². The maximum atomic E-state index is 12.3. The number of hydrogen-bond acceptors (Lipinski definition) is 6. The number of fused-ring (bicyclic) bond motifs is 2. The second-order valence-corrected chi connectivity index (χ2v) is 7.64. The van der Waals surface area contributed by atoms with E-state index in [1.807, 2.05) is 0 Å². The molecule has 6 nitrogen and oxygen atoms in total. The van der Waals surface area contributed by atoms with Crippen LogP contribution in [-0.2, 0) is 28.7 Å². The highest BCUT2D eigenvalue weighted by Crippen LogP contribution is 2.40. The fourth-order valence-corrected chi connectivity index (χ4v) is 4.54. The Morgan fingerprint density at radius 3 is 2.86 bits per heavy atom. The van der Waals surface area contributed by atoms with Crippen LogP contribution in [0, 0.1) is 0 Å². The third-order valence-corrected chi connectivity index (χ3v) is 5.78. The maximum absolute atomic E-state index is 12.3. The zero-order valence-electron chi connectivity index (χ0n) is 16.9. The molecule has 1 atom stereocenters. The molecule has 4 rings (SSSR count). The zero-order valence-corrected chi connectivity index (χ0v) is 16.9. The van der Waals surface area contributed by atoms with E-state index in [9.17, 15) is 9.59 Å². The van der Waals surface area contributed by atoms with E-state index in [1.54, 1.807) is 19.1 Å². The largest absolute Gasteiger partial charge is 0.508 e. The van der Waals surface area contributed by atoms with Gasteiger partial charge in [0.2, 0.25) is 0 Å². The fraction of sp³-hybridized carbons (Fsp3) is 0.478. The van der Waals surface area contributed by atoms with Crippen LogP contribution in [0.1, 0.15) is 42.9 Å². The maximum Gasteiger partial charge on any atom is 0.508 e. The first-order valence-electron chi connectivity index (χ1n) is 10.4. The van der Waals surface area contributed by atoms with Crippen molar-refractivity contribution < 1.29 is 18.7 Å². The van der Waals surface area contributed by atoms with E-state index in [0.717, 1.165) is 55.3 Å². The zero-order chi connectivity index (χ0) is 20.4. The van der Waals surface area contributed by atoms with Crippen molar-refractivity contribution >= 4 is 22.8 Å². The van der Waals surface area contributed by atoms with Crippen LogP contribution in [0.4, 0.5) is 10.5 Å². The van der Waals surface area contributed by atoms with Gasteiger partial charge in [-0.3, -0.25) is 0 Å². The van der Waals surface area contributed by atoms with Crippen LogP contribution >= 0.6 is 0 Å². The number of carbonyl (C=O) groups excluding carboxylic acids is 1. The molecule has 0 amide bonds. The summed E-state index contributed by atoms with van der Waals surface area (Å²) in [6.45, 7) is 7.88. The lowest BCUT2D eigenvalue weighted by Crippen LogP contribution is -2.34. The Balaban J connectivity index is 1.67. The van der Waals surface area contributed by atoms with Gasteiger partial charge in [-0.05, 0) is 62.6 Å². The number of aryl methyl sites for hydroxylation is 3. The molecule has 2 aromatic rings. The molecule has 0 radical (unpaired) electrons. The molecule has 0 aliphatic carbocycles. The van der Waals surface area contributed by atoms with Gasteiger partial charge in [0.15, 0.2) is 0 Å². The molecule has 0 saturated carbocycles. The first-order chi connectivity index (χ1) is 14.1. The van der Waals surface area contributed by atoms with Crippen LogP contribution in [-0.4, -0.2) is 32.0 Å². The Morgan fingerprint density at radius 2 is 2.10 bits per heavy atom. The van der Waals surface area contributed by atoms with Crippen molar-refractivity contribution in [2.75, 3.05) is 24.6 Å². The van der Waals surface area contributed by atoms with Gasteiger partial charge in [0.05, 0.1) is 6.61 Å². The average molecular weight is 397 g/mol. The minimum absolute atomic E-state index is 0.262. The molecule has 2 aliphatic rings. The van der Waals surface area contributed by atoms with E-state index in [1.165, 1.54) is 16.8 Å². The van der Waals surface area contributed by atoms with Gasteiger partial charge in [0, 0.05) is 35.8 Å². The second kappa shape index (κ2) is 8.31. The molecule has 154 valence electrons. The van der Waals surface area contributed by atoms with Gasteiger partial charge in [0.1, 0.15) is 11.7 Å². The molecule has 1 aromatic heterocycles. The monoisotopic (exact) mass is 397 g/mol. The third-order valence-electron chi connectivity index (χ3n) is 5.78. The molecule has 29 heavy (non-hydrogen) atoms. The SMILES string of the molecule is C=CC(CCc1cc(=O)oc2c3c4c(cc12)CCCN4CCC3)OC(=O)OCC. The van der Waals surface area contributed by atoms with E-state index in [0.29, 0.717) is 12.8 Å². The molecule has 6 heteroatoms. The van der Waals surface area contributed by atoms with Gasteiger partial charge < -0.3 is 18.8 Å². The molecule has 0 bridgehead atoms.